The highest BCUT2D eigenvalue weighted by Gasteiger charge is 2.21. The molecule has 4 nitrogen and oxygen atoms in total. The van der Waals surface area contributed by atoms with Crippen molar-refractivity contribution in [3.8, 4) is 6.07 Å². The largest absolute Gasteiger partial charge is 0.421 e. The minimum Gasteiger partial charge on any atom is -0.421 e. The summed E-state index contributed by atoms with van der Waals surface area (Å²) in [6, 6.07) is 22.5. The molecule has 0 amide bonds. The van der Waals surface area contributed by atoms with Crippen LogP contribution in [0.1, 0.15) is 11.3 Å². The van der Waals surface area contributed by atoms with Crippen molar-refractivity contribution in [3.05, 3.63) is 95.6 Å². The van der Waals surface area contributed by atoms with Gasteiger partial charge in [0.25, 0.3) is 0 Å². The van der Waals surface area contributed by atoms with Crippen LogP contribution in [0, 0.1) is 17.9 Å². The maximum Gasteiger partial charge on any atom is 0.361 e. The van der Waals surface area contributed by atoms with Crippen molar-refractivity contribution in [2.24, 2.45) is 0 Å². The van der Waals surface area contributed by atoms with Crippen molar-refractivity contribution in [2.75, 3.05) is 0 Å². The Balaban J connectivity index is 1.89. The minimum absolute atomic E-state index is 0.297. The fourth-order valence-electron chi connectivity index (χ4n) is 2.49. The maximum absolute atomic E-state index is 8.98. The molecular formula is C20H14BN3O. The lowest BCUT2D eigenvalue weighted by Gasteiger charge is -2.15. The zero-order valence-corrected chi connectivity index (χ0v) is 13.5. The summed E-state index contributed by atoms with van der Waals surface area (Å²) in [6.07, 6.45) is 1.74. The summed E-state index contributed by atoms with van der Waals surface area (Å²) < 4.78 is 6.12. The highest BCUT2D eigenvalue weighted by atomic mass is 16.4. The fraction of sp³-hybridized carbons (Fsp3) is 0.0500. The molecule has 0 radical (unpaired) electrons. The molecule has 3 rings (SSSR count). The van der Waals surface area contributed by atoms with Gasteiger partial charge in [0.15, 0.2) is 5.69 Å². The number of nitriles is 1. The van der Waals surface area contributed by atoms with Gasteiger partial charge in [0.05, 0.1) is 30.5 Å². The Hall–Kier alpha value is -3.41. The molecule has 1 aromatic heterocycles. The van der Waals surface area contributed by atoms with Crippen molar-refractivity contribution in [3.63, 3.8) is 0 Å². The maximum atomic E-state index is 8.98. The second-order valence-corrected chi connectivity index (χ2v) is 5.45. The average molecular weight is 323 g/mol. The Kier molecular flexibility index (Phi) is 5.21. The summed E-state index contributed by atoms with van der Waals surface area (Å²) in [4.78, 5) is 7.71. The average Bonchev–Trinajstić information content (AvgIpc) is 2.70. The molecule has 0 atom stereocenters. The zero-order chi connectivity index (χ0) is 17.5. The van der Waals surface area contributed by atoms with Crippen molar-refractivity contribution >= 4 is 23.5 Å². The van der Waals surface area contributed by atoms with E-state index in [2.05, 4.69) is 15.9 Å². The minimum atomic E-state index is -0.297. The van der Waals surface area contributed by atoms with E-state index in [0.717, 1.165) is 16.6 Å². The molecule has 0 bridgehead atoms. The lowest BCUT2D eigenvalue weighted by molar-refractivity contribution is 0.316. The number of aromatic nitrogens is 1. The molecule has 3 aromatic rings. The number of nitrogens with zero attached hydrogens (tertiary/aromatic N) is 3. The highest BCUT2D eigenvalue weighted by Crippen LogP contribution is 2.09. The highest BCUT2D eigenvalue weighted by molar-refractivity contribution is 6.80. The van der Waals surface area contributed by atoms with E-state index in [1.54, 1.807) is 30.5 Å². The van der Waals surface area contributed by atoms with Crippen LogP contribution < -0.4 is 10.9 Å². The van der Waals surface area contributed by atoms with E-state index >= 15 is 0 Å². The lowest BCUT2D eigenvalue weighted by Crippen LogP contribution is -2.44. The normalized spacial score (nSPS) is 9.84. The predicted molar refractivity (Wildman–Crippen MR) is 97.9 cm³/mol. The second kappa shape index (κ2) is 7.92. The van der Waals surface area contributed by atoms with Gasteiger partial charge in [-0.15, -0.1) is 0 Å². The van der Waals surface area contributed by atoms with Gasteiger partial charge in [-0.2, -0.15) is 5.26 Å². The standard InChI is InChI=1S/C20H14BN3O/c1-23-19-11-9-18(10-12-19)21(17-7-5-16(14-22)6-8-17)25-15-20-4-2-3-13-24-20/h2-13H,15H2. The lowest BCUT2D eigenvalue weighted by atomic mass is 9.55. The van der Waals surface area contributed by atoms with Crippen LogP contribution in [0.25, 0.3) is 4.85 Å². The Labute approximate surface area is 147 Å². The Morgan fingerprint density at radius 2 is 1.68 bits per heavy atom. The van der Waals surface area contributed by atoms with E-state index in [4.69, 9.17) is 16.5 Å². The predicted octanol–water partition coefficient (Wildman–Crippen LogP) is 2.83. The van der Waals surface area contributed by atoms with Crippen LogP contribution in [0.5, 0.6) is 0 Å². The van der Waals surface area contributed by atoms with Gasteiger partial charge in [0, 0.05) is 6.20 Å². The molecule has 0 fully saturated rings. The third-order valence-corrected chi connectivity index (χ3v) is 3.79. The Morgan fingerprint density at radius 1 is 1.00 bits per heavy atom. The Bertz CT molecular complexity index is 853. The summed E-state index contributed by atoms with van der Waals surface area (Å²) in [5, 5.41) is 8.98. The molecule has 1 heterocycles. The van der Waals surface area contributed by atoms with Gasteiger partial charge in [-0.25, -0.2) is 4.85 Å². The topological polar surface area (TPSA) is 50.3 Å². The molecule has 0 unspecified atom stereocenters. The molecular weight excluding hydrogens is 309 g/mol. The van der Waals surface area contributed by atoms with Crippen molar-refractivity contribution in [2.45, 2.75) is 6.61 Å². The van der Waals surface area contributed by atoms with E-state index < -0.39 is 0 Å². The first-order chi connectivity index (χ1) is 12.3. The molecule has 0 saturated heterocycles. The molecule has 0 N–H and O–H groups in total. The summed E-state index contributed by atoms with van der Waals surface area (Å²) in [5.74, 6) is 0. The number of hydrogen-bond acceptors (Lipinski definition) is 3. The summed E-state index contributed by atoms with van der Waals surface area (Å²) in [5.41, 5.74) is 3.94. The molecule has 0 aliphatic carbocycles. The summed E-state index contributed by atoms with van der Waals surface area (Å²) >= 11 is 0. The molecule has 0 aliphatic rings. The van der Waals surface area contributed by atoms with Crippen LogP contribution in [0.3, 0.4) is 0 Å². The Morgan fingerprint density at radius 3 is 2.24 bits per heavy atom. The van der Waals surface area contributed by atoms with E-state index in [1.807, 2.05) is 42.5 Å². The smallest absolute Gasteiger partial charge is 0.361 e. The van der Waals surface area contributed by atoms with Gasteiger partial charge >= 0.3 is 6.92 Å². The summed E-state index contributed by atoms with van der Waals surface area (Å²) in [6.45, 7) is 7.15. The molecule has 25 heavy (non-hydrogen) atoms. The number of rotatable bonds is 5. The first-order valence-electron chi connectivity index (χ1n) is 7.79. The molecule has 118 valence electrons. The quantitative estimate of drug-likeness (QED) is 0.536. The monoisotopic (exact) mass is 323 g/mol. The molecule has 0 aliphatic heterocycles. The first kappa shape index (κ1) is 16.5. The second-order valence-electron chi connectivity index (χ2n) is 5.45. The number of pyridine rings is 1. The van der Waals surface area contributed by atoms with Crippen molar-refractivity contribution < 1.29 is 4.65 Å². The molecule has 0 saturated carbocycles. The van der Waals surface area contributed by atoms with Crippen molar-refractivity contribution in [1.82, 2.24) is 4.98 Å². The van der Waals surface area contributed by atoms with E-state index in [-0.39, 0.29) is 6.92 Å². The molecule has 0 spiro atoms. The third kappa shape index (κ3) is 4.12. The molecule has 5 heteroatoms. The van der Waals surface area contributed by atoms with E-state index in [0.29, 0.717) is 17.9 Å². The van der Waals surface area contributed by atoms with Crippen LogP contribution in [0.15, 0.2) is 72.9 Å². The number of benzene rings is 2. The van der Waals surface area contributed by atoms with Crippen LogP contribution in [0.4, 0.5) is 5.69 Å². The zero-order valence-electron chi connectivity index (χ0n) is 13.5. The fourth-order valence-corrected chi connectivity index (χ4v) is 2.49. The van der Waals surface area contributed by atoms with Crippen molar-refractivity contribution in [1.29, 1.82) is 5.26 Å². The third-order valence-electron chi connectivity index (χ3n) is 3.79. The van der Waals surface area contributed by atoms with Gasteiger partial charge in [-0.1, -0.05) is 42.5 Å². The van der Waals surface area contributed by atoms with Crippen LogP contribution in [-0.2, 0) is 11.3 Å². The first-order valence-corrected chi connectivity index (χ1v) is 7.79. The van der Waals surface area contributed by atoms with Crippen LogP contribution >= 0.6 is 0 Å². The van der Waals surface area contributed by atoms with Crippen LogP contribution in [0.2, 0.25) is 0 Å². The summed E-state index contributed by atoms with van der Waals surface area (Å²) in [7, 11) is 0. The SMILES string of the molecule is [C-]#[N+]c1ccc(B(OCc2ccccn2)c2ccc(C#N)cc2)cc1. The van der Waals surface area contributed by atoms with Gasteiger partial charge in [-0.05, 0) is 35.2 Å². The van der Waals surface area contributed by atoms with E-state index in [9.17, 15) is 0 Å². The van der Waals surface area contributed by atoms with Gasteiger partial charge in [-0.3, -0.25) is 4.98 Å². The number of hydrogen-bond donors (Lipinski definition) is 0. The van der Waals surface area contributed by atoms with Gasteiger partial charge < -0.3 is 4.65 Å². The van der Waals surface area contributed by atoms with Crippen LogP contribution in [-0.4, -0.2) is 11.9 Å². The van der Waals surface area contributed by atoms with E-state index in [1.165, 1.54) is 0 Å². The van der Waals surface area contributed by atoms with Gasteiger partial charge in [0.1, 0.15) is 0 Å². The molecule has 2 aromatic carbocycles. The van der Waals surface area contributed by atoms with Gasteiger partial charge in [0.2, 0.25) is 0 Å².